The first-order valence-electron chi connectivity index (χ1n) is 17.4. The van der Waals surface area contributed by atoms with Gasteiger partial charge >= 0.3 is 0 Å². The van der Waals surface area contributed by atoms with E-state index in [0.717, 1.165) is 55.4 Å². The van der Waals surface area contributed by atoms with Crippen LogP contribution in [-0.2, 0) is 28.4 Å². The summed E-state index contributed by atoms with van der Waals surface area (Å²) < 4.78 is 7.63. The lowest BCUT2D eigenvalue weighted by atomic mass is 9.76. The number of carbonyl (C=O) groups is 2. The maximum Gasteiger partial charge on any atom is 0.270 e. The number of rotatable bonds is 11. The van der Waals surface area contributed by atoms with E-state index in [-0.39, 0.29) is 40.6 Å². The first-order valence-corrected chi connectivity index (χ1v) is 17.4. The summed E-state index contributed by atoms with van der Waals surface area (Å²) in [5.74, 6) is 1.22. The van der Waals surface area contributed by atoms with Crippen molar-refractivity contribution in [2.75, 3.05) is 26.3 Å². The van der Waals surface area contributed by atoms with Gasteiger partial charge in [-0.3, -0.25) is 14.3 Å². The number of benzene rings is 2. The lowest BCUT2D eigenvalue weighted by molar-refractivity contribution is -0.125. The van der Waals surface area contributed by atoms with Crippen molar-refractivity contribution in [2.45, 2.75) is 75.3 Å². The van der Waals surface area contributed by atoms with Gasteiger partial charge in [-0.15, -0.1) is 0 Å². The van der Waals surface area contributed by atoms with Crippen molar-refractivity contribution in [3.8, 4) is 0 Å². The maximum atomic E-state index is 13.7. The quantitative estimate of drug-likeness (QED) is 0.193. The topological polar surface area (TPSA) is 126 Å². The van der Waals surface area contributed by atoms with Crippen LogP contribution < -0.4 is 16.0 Å². The molecule has 3 aliphatic carbocycles. The standard InChI is InChI=1S/C37H45N7O3/c1-3-38-35(46)31(23-8-6-9-23)39-21-37(16-18-47-22-37)25-11-12-27-28(19-25)42-33(41-27)32(43-34(45)29-13-17-40-44(29)2)30-26-10-5-4-7-24(26)20-36(30)14-15-36/h4-5,7,10-13,17,19,23,30-32,39H,3,6,8-9,14-16,18,20-22H2,1-2H3,(H,38,46)(H,41,42)(H,43,45)/t30-,31+,32-,37?/m0/s1. The molecule has 0 radical (unpaired) electrons. The first kappa shape index (κ1) is 30.3. The predicted octanol–water partition coefficient (Wildman–Crippen LogP) is 4.44. The summed E-state index contributed by atoms with van der Waals surface area (Å²) in [6, 6.07) is 16.4. The average Bonchev–Trinajstić information content (AvgIpc) is 3.45. The van der Waals surface area contributed by atoms with Gasteiger partial charge in [0.1, 0.15) is 11.5 Å². The Bertz CT molecular complexity index is 1800. The molecular formula is C37H45N7O3. The molecule has 2 saturated carbocycles. The minimum absolute atomic E-state index is 0.0982. The number of nitrogens with one attached hydrogen (secondary N) is 4. The van der Waals surface area contributed by atoms with Crippen LogP contribution in [0, 0.1) is 11.3 Å². The Morgan fingerprint density at radius 3 is 2.68 bits per heavy atom. The predicted molar refractivity (Wildman–Crippen MR) is 179 cm³/mol. The molecule has 4 aromatic rings. The highest BCUT2D eigenvalue weighted by Crippen LogP contribution is 2.66. The number of fused-ring (bicyclic) bond motifs is 2. The molecule has 3 heterocycles. The molecule has 2 aromatic heterocycles. The molecule has 4 N–H and O–H groups in total. The molecule has 2 amide bonds. The SMILES string of the molecule is CCNC(=O)[C@H](NCC1(c2ccc3nc([C@@H](NC(=O)c4ccnn4C)[C@@H]4c5ccccc5CC45CC5)[nH]c3c2)CCOC1)C1CCC1. The summed E-state index contributed by atoms with van der Waals surface area (Å²) in [6.45, 7) is 4.57. The molecule has 1 saturated heterocycles. The summed E-state index contributed by atoms with van der Waals surface area (Å²) in [4.78, 5) is 35.6. The van der Waals surface area contributed by atoms with Gasteiger partial charge < -0.3 is 25.7 Å². The van der Waals surface area contributed by atoms with Crippen LogP contribution in [-0.4, -0.2) is 63.9 Å². The first-order chi connectivity index (χ1) is 22.9. The van der Waals surface area contributed by atoms with Gasteiger partial charge in [-0.1, -0.05) is 36.8 Å². The Morgan fingerprint density at radius 2 is 1.98 bits per heavy atom. The van der Waals surface area contributed by atoms with Gasteiger partial charge in [0.2, 0.25) is 5.91 Å². The number of aromatic amines is 1. The van der Waals surface area contributed by atoms with Crippen molar-refractivity contribution >= 4 is 22.8 Å². The van der Waals surface area contributed by atoms with E-state index < -0.39 is 0 Å². The van der Waals surface area contributed by atoms with Crippen LogP contribution in [0.15, 0.2) is 54.7 Å². The van der Waals surface area contributed by atoms with Crippen molar-refractivity contribution in [3.05, 3.63) is 82.9 Å². The van der Waals surface area contributed by atoms with Crippen LogP contribution in [0.1, 0.15) is 90.4 Å². The van der Waals surface area contributed by atoms with Crippen molar-refractivity contribution in [1.29, 1.82) is 0 Å². The van der Waals surface area contributed by atoms with E-state index in [1.165, 1.54) is 23.1 Å². The molecular weight excluding hydrogens is 590 g/mol. The smallest absolute Gasteiger partial charge is 0.270 e. The molecule has 10 nitrogen and oxygen atoms in total. The van der Waals surface area contributed by atoms with Crippen molar-refractivity contribution in [3.63, 3.8) is 0 Å². The average molecular weight is 636 g/mol. The van der Waals surface area contributed by atoms with Crippen LogP contribution in [0.4, 0.5) is 0 Å². The number of hydrogen-bond donors (Lipinski definition) is 4. The number of amides is 2. The van der Waals surface area contributed by atoms with Gasteiger partial charge in [0.15, 0.2) is 0 Å². The Hall–Kier alpha value is -4.02. The van der Waals surface area contributed by atoms with Crippen molar-refractivity contribution in [2.24, 2.45) is 18.4 Å². The van der Waals surface area contributed by atoms with Crippen LogP contribution in [0.25, 0.3) is 11.0 Å². The lowest BCUT2D eigenvalue weighted by Gasteiger charge is -2.36. The van der Waals surface area contributed by atoms with Gasteiger partial charge in [0.05, 0.1) is 29.7 Å². The Balaban J connectivity index is 1.13. The molecule has 3 fully saturated rings. The van der Waals surface area contributed by atoms with Crippen LogP contribution >= 0.6 is 0 Å². The summed E-state index contributed by atoms with van der Waals surface area (Å²) in [5.41, 5.74) is 6.08. The third-order valence-corrected chi connectivity index (χ3v) is 11.6. The molecule has 1 unspecified atom stereocenters. The largest absolute Gasteiger partial charge is 0.380 e. The Morgan fingerprint density at radius 1 is 1.13 bits per heavy atom. The molecule has 246 valence electrons. The number of hydrogen-bond acceptors (Lipinski definition) is 6. The van der Waals surface area contributed by atoms with Crippen LogP contribution in [0.3, 0.4) is 0 Å². The number of imidazole rings is 1. The normalized spacial score (nSPS) is 24.2. The van der Waals surface area contributed by atoms with E-state index >= 15 is 0 Å². The van der Waals surface area contributed by atoms with Gasteiger partial charge in [0, 0.05) is 44.3 Å². The Labute approximate surface area is 275 Å². The highest BCUT2D eigenvalue weighted by atomic mass is 16.5. The number of ether oxygens (including phenoxy) is 1. The number of likely N-dealkylation sites (N-methyl/N-ethyl adjacent to an activating group) is 1. The van der Waals surface area contributed by atoms with Crippen LogP contribution in [0.2, 0.25) is 0 Å². The van der Waals surface area contributed by atoms with Gasteiger partial charge in [-0.05, 0) is 91.7 Å². The molecule has 47 heavy (non-hydrogen) atoms. The second-order valence-corrected chi connectivity index (χ2v) is 14.4. The highest BCUT2D eigenvalue weighted by molar-refractivity contribution is 5.93. The number of nitrogens with zero attached hydrogens (tertiary/aromatic N) is 3. The molecule has 0 bridgehead atoms. The molecule has 1 spiro atoms. The molecule has 1 aliphatic heterocycles. The van der Waals surface area contributed by atoms with Gasteiger partial charge in [-0.2, -0.15) is 5.10 Å². The van der Waals surface area contributed by atoms with E-state index in [1.54, 1.807) is 24.0 Å². The lowest BCUT2D eigenvalue weighted by Crippen LogP contribution is -2.54. The van der Waals surface area contributed by atoms with E-state index in [0.29, 0.717) is 37.9 Å². The zero-order valence-electron chi connectivity index (χ0n) is 27.4. The molecule has 4 atom stereocenters. The number of aryl methyl sites for hydroxylation is 1. The second-order valence-electron chi connectivity index (χ2n) is 14.4. The summed E-state index contributed by atoms with van der Waals surface area (Å²) in [6.07, 6.45) is 9.21. The van der Waals surface area contributed by atoms with Gasteiger partial charge in [-0.25, -0.2) is 4.98 Å². The van der Waals surface area contributed by atoms with E-state index in [9.17, 15) is 9.59 Å². The molecule has 2 aromatic carbocycles. The van der Waals surface area contributed by atoms with E-state index in [2.05, 4.69) is 68.5 Å². The van der Waals surface area contributed by atoms with E-state index in [1.807, 2.05) is 6.92 Å². The highest BCUT2D eigenvalue weighted by Gasteiger charge is 2.57. The third-order valence-electron chi connectivity index (χ3n) is 11.6. The number of aromatic nitrogens is 4. The maximum absolute atomic E-state index is 13.7. The number of H-pyrrole nitrogens is 1. The minimum atomic E-state index is -0.329. The van der Waals surface area contributed by atoms with E-state index in [4.69, 9.17) is 9.72 Å². The fraction of sp³-hybridized carbons (Fsp3) is 0.514. The summed E-state index contributed by atoms with van der Waals surface area (Å²) in [7, 11) is 1.79. The fourth-order valence-corrected chi connectivity index (χ4v) is 8.54. The molecule has 10 heteroatoms. The molecule has 8 rings (SSSR count). The minimum Gasteiger partial charge on any atom is -0.380 e. The zero-order valence-corrected chi connectivity index (χ0v) is 27.4. The zero-order chi connectivity index (χ0) is 32.2. The molecule has 4 aliphatic rings. The monoisotopic (exact) mass is 635 g/mol. The van der Waals surface area contributed by atoms with Crippen molar-refractivity contribution in [1.82, 2.24) is 35.7 Å². The van der Waals surface area contributed by atoms with Gasteiger partial charge in [0.25, 0.3) is 5.91 Å². The number of carbonyl (C=O) groups excluding carboxylic acids is 2. The summed E-state index contributed by atoms with van der Waals surface area (Å²) >= 11 is 0. The summed E-state index contributed by atoms with van der Waals surface area (Å²) in [5, 5.41) is 14.4. The van der Waals surface area contributed by atoms with Crippen molar-refractivity contribution < 1.29 is 14.3 Å². The van der Waals surface area contributed by atoms with Crippen LogP contribution in [0.5, 0.6) is 0 Å². The fourth-order valence-electron chi connectivity index (χ4n) is 8.54. The third kappa shape index (κ3) is 5.35. The Kier molecular flexibility index (Phi) is 7.68. The second kappa shape index (κ2) is 11.9.